The number of halogens is 6. The zero-order valence-electron chi connectivity index (χ0n) is 19.2. The van der Waals surface area contributed by atoms with Crippen LogP contribution in [0, 0.1) is 0 Å². The number of benzene rings is 1. The van der Waals surface area contributed by atoms with Gasteiger partial charge < -0.3 is 9.80 Å². The number of anilines is 1. The van der Waals surface area contributed by atoms with Crippen molar-refractivity contribution in [3.63, 3.8) is 0 Å². The Bertz CT molecular complexity index is 1160. The number of alkyl halides is 6. The monoisotopic (exact) mass is 510 g/mol. The van der Waals surface area contributed by atoms with Crippen LogP contribution in [-0.4, -0.2) is 65.5 Å². The van der Waals surface area contributed by atoms with Gasteiger partial charge in [0.2, 0.25) is 5.91 Å². The molecule has 0 saturated carbocycles. The van der Waals surface area contributed by atoms with Crippen molar-refractivity contribution >= 4 is 17.3 Å². The van der Waals surface area contributed by atoms with Gasteiger partial charge in [-0.1, -0.05) is 18.2 Å². The summed E-state index contributed by atoms with van der Waals surface area (Å²) in [6.07, 6.45) is -4.82. The molecule has 1 aromatic carbocycles. The van der Waals surface area contributed by atoms with E-state index >= 15 is 0 Å². The van der Waals surface area contributed by atoms with Crippen molar-refractivity contribution in [2.24, 2.45) is 0 Å². The predicted octanol–water partition coefficient (Wildman–Crippen LogP) is 4.70. The first-order valence-corrected chi connectivity index (χ1v) is 11.7. The summed E-state index contributed by atoms with van der Waals surface area (Å²) in [5, 5.41) is 0. The van der Waals surface area contributed by atoms with Crippen LogP contribution in [0.2, 0.25) is 0 Å². The van der Waals surface area contributed by atoms with Crippen LogP contribution in [0.1, 0.15) is 29.5 Å². The van der Waals surface area contributed by atoms with Gasteiger partial charge in [0.05, 0.1) is 29.8 Å². The number of pyridine rings is 1. The molecular formula is C25H24F6N4O. The number of hydrogen-bond donors (Lipinski definition) is 0. The Balaban J connectivity index is 1.16. The maximum absolute atomic E-state index is 13.0. The van der Waals surface area contributed by atoms with Crippen molar-refractivity contribution in [1.82, 2.24) is 14.8 Å². The minimum Gasteiger partial charge on any atom is -0.350 e. The number of amides is 1. The van der Waals surface area contributed by atoms with Gasteiger partial charge in [0, 0.05) is 32.4 Å². The predicted molar refractivity (Wildman–Crippen MR) is 121 cm³/mol. The molecule has 36 heavy (non-hydrogen) atoms. The molecule has 0 radical (unpaired) electrons. The second-order valence-electron chi connectivity index (χ2n) is 9.44. The average Bonchev–Trinajstić information content (AvgIpc) is 3.45. The number of hydrogen-bond acceptors (Lipinski definition) is 4. The standard InChI is InChI=1S/C25H24F6N4O/c26-24(27,28)18-3-1-2-17(10-18)16-6-8-33(9-7-16)15-23(36)35-14-20-11-21(35)13-34(20)22-5-4-19(12-32-22)25(29,30)31/h1-6,10,12,20-21H,7-9,11,13-15H2. The lowest BCUT2D eigenvalue weighted by Gasteiger charge is -2.36. The van der Waals surface area contributed by atoms with Crippen LogP contribution in [0.15, 0.2) is 48.7 Å². The Morgan fingerprint density at radius 2 is 1.75 bits per heavy atom. The maximum atomic E-state index is 13.0. The summed E-state index contributed by atoms with van der Waals surface area (Å²) in [5.41, 5.74) is -0.0864. The largest absolute Gasteiger partial charge is 0.417 e. The van der Waals surface area contributed by atoms with E-state index in [4.69, 9.17) is 0 Å². The molecule has 0 spiro atoms. The molecule has 2 aromatic rings. The van der Waals surface area contributed by atoms with Crippen LogP contribution in [0.4, 0.5) is 32.2 Å². The highest BCUT2D eigenvalue weighted by Gasteiger charge is 2.46. The number of aromatic nitrogens is 1. The van der Waals surface area contributed by atoms with Gasteiger partial charge in [-0.2, -0.15) is 26.3 Å². The van der Waals surface area contributed by atoms with Gasteiger partial charge >= 0.3 is 12.4 Å². The minimum absolute atomic E-state index is 0.0111. The van der Waals surface area contributed by atoms with Crippen molar-refractivity contribution in [2.45, 2.75) is 37.3 Å². The van der Waals surface area contributed by atoms with Gasteiger partial charge in [-0.15, -0.1) is 0 Å². The maximum Gasteiger partial charge on any atom is 0.417 e. The van der Waals surface area contributed by atoms with E-state index in [2.05, 4.69) is 4.98 Å². The molecule has 3 aliphatic rings. The molecule has 2 unspecified atom stereocenters. The quantitative estimate of drug-likeness (QED) is 0.560. The van der Waals surface area contributed by atoms with Crippen LogP contribution in [0.5, 0.6) is 0 Å². The fourth-order valence-electron chi connectivity index (χ4n) is 5.27. The van der Waals surface area contributed by atoms with Gasteiger partial charge in [-0.05, 0) is 48.2 Å². The number of carbonyl (C=O) groups is 1. The third kappa shape index (κ3) is 4.93. The summed E-state index contributed by atoms with van der Waals surface area (Å²) in [6.45, 7) is 2.27. The lowest BCUT2D eigenvalue weighted by Crippen LogP contribution is -2.51. The summed E-state index contributed by atoms with van der Waals surface area (Å²) < 4.78 is 77.4. The number of rotatable bonds is 4. The van der Waals surface area contributed by atoms with Gasteiger partial charge in [0.1, 0.15) is 5.82 Å². The van der Waals surface area contributed by atoms with Crippen LogP contribution in [-0.2, 0) is 17.1 Å². The molecule has 5 nitrogen and oxygen atoms in total. The third-order valence-electron chi connectivity index (χ3n) is 7.14. The van der Waals surface area contributed by atoms with E-state index in [1.54, 1.807) is 6.07 Å². The Labute approximate surface area is 204 Å². The highest BCUT2D eigenvalue weighted by Crippen LogP contribution is 2.36. The molecule has 0 N–H and O–H groups in total. The van der Waals surface area contributed by atoms with E-state index in [1.165, 1.54) is 12.1 Å². The average molecular weight is 510 g/mol. The molecular weight excluding hydrogens is 486 g/mol. The fourth-order valence-corrected chi connectivity index (χ4v) is 5.27. The second-order valence-corrected chi connectivity index (χ2v) is 9.44. The number of nitrogens with zero attached hydrogens (tertiary/aromatic N) is 4. The third-order valence-corrected chi connectivity index (χ3v) is 7.14. The van der Waals surface area contributed by atoms with E-state index in [-0.39, 0.29) is 24.5 Å². The Hall–Kier alpha value is -3.08. The topological polar surface area (TPSA) is 39.7 Å². The molecule has 4 heterocycles. The summed E-state index contributed by atoms with van der Waals surface area (Å²) >= 11 is 0. The van der Waals surface area contributed by atoms with E-state index in [0.717, 1.165) is 36.4 Å². The Morgan fingerprint density at radius 1 is 0.972 bits per heavy atom. The number of fused-ring (bicyclic) bond motifs is 2. The number of likely N-dealkylation sites (tertiary alicyclic amines) is 1. The zero-order chi connectivity index (χ0) is 25.7. The van der Waals surface area contributed by atoms with E-state index in [1.807, 2.05) is 20.8 Å². The molecule has 0 aliphatic carbocycles. The molecule has 2 fully saturated rings. The summed E-state index contributed by atoms with van der Waals surface area (Å²) in [5.74, 6) is 0.462. The smallest absolute Gasteiger partial charge is 0.350 e. The lowest BCUT2D eigenvalue weighted by molar-refractivity contribution is -0.138. The van der Waals surface area contributed by atoms with Gasteiger partial charge in [0.15, 0.2) is 0 Å². The van der Waals surface area contributed by atoms with E-state index in [0.29, 0.717) is 44.0 Å². The lowest BCUT2D eigenvalue weighted by atomic mass is 9.97. The molecule has 3 aliphatic heterocycles. The number of carbonyl (C=O) groups excluding carboxylic acids is 1. The number of piperazine rings is 1. The SMILES string of the molecule is O=C(CN1CC=C(c2cccc(C(F)(F)F)c2)CC1)N1CC2CC1CN2c1ccc(C(F)(F)F)cn1. The molecule has 2 bridgehead atoms. The molecule has 1 aromatic heterocycles. The van der Waals surface area contributed by atoms with Crippen molar-refractivity contribution in [3.8, 4) is 0 Å². The Morgan fingerprint density at radius 3 is 2.33 bits per heavy atom. The van der Waals surface area contributed by atoms with Crippen LogP contribution in [0.25, 0.3) is 5.57 Å². The Kier molecular flexibility index (Phi) is 6.22. The van der Waals surface area contributed by atoms with Gasteiger partial charge in [-0.3, -0.25) is 9.69 Å². The molecule has 2 atom stereocenters. The molecule has 1 amide bonds. The van der Waals surface area contributed by atoms with Crippen molar-refractivity contribution in [2.75, 3.05) is 37.6 Å². The van der Waals surface area contributed by atoms with E-state index < -0.39 is 23.5 Å². The van der Waals surface area contributed by atoms with Crippen LogP contribution >= 0.6 is 0 Å². The summed E-state index contributed by atoms with van der Waals surface area (Å²) in [4.78, 5) is 22.7. The fraction of sp³-hybridized carbons (Fsp3) is 0.440. The van der Waals surface area contributed by atoms with Crippen molar-refractivity contribution < 1.29 is 31.1 Å². The molecule has 192 valence electrons. The van der Waals surface area contributed by atoms with Gasteiger partial charge in [0.25, 0.3) is 0 Å². The van der Waals surface area contributed by atoms with Crippen molar-refractivity contribution in [3.05, 3.63) is 65.4 Å². The molecule has 5 rings (SSSR count). The van der Waals surface area contributed by atoms with Crippen molar-refractivity contribution in [1.29, 1.82) is 0 Å². The van der Waals surface area contributed by atoms with E-state index in [9.17, 15) is 31.1 Å². The first kappa shape index (κ1) is 24.6. The highest BCUT2D eigenvalue weighted by atomic mass is 19.4. The first-order valence-electron chi connectivity index (χ1n) is 11.7. The molecule has 11 heteroatoms. The molecule has 2 saturated heterocycles. The highest BCUT2D eigenvalue weighted by molar-refractivity contribution is 5.80. The van der Waals surface area contributed by atoms with Crippen LogP contribution in [0.3, 0.4) is 0 Å². The summed E-state index contributed by atoms with van der Waals surface area (Å²) in [7, 11) is 0. The minimum atomic E-state index is -4.43. The van der Waals surface area contributed by atoms with Crippen LogP contribution < -0.4 is 4.90 Å². The first-order chi connectivity index (χ1) is 17.0. The summed E-state index contributed by atoms with van der Waals surface area (Å²) in [6, 6.07) is 7.67. The normalized spacial score (nSPS) is 22.8. The second kappa shape index (κ2) is 9.10. The van der Waals surface area contributed by atoms with Gasteiger partial charge in [-0.25, -0.2) is 4.98 Å². The zero-order valence-corrected chi connectivity index (χ0v) is 19.2.